The van der Waals surface area contributed by atoms with Crippen LogP contribution < -0.4 is 5.32 Å². The van der Waals surface area contributed by atoms with Crippen LogP contribution in [0, 0.1) is 6.92 Å². The molecule has 31 heavy (non-hydrogen) atoms. The van der Waals surface area contributed by atoms with E-state index in [1.54, 1.807) is 29.2 Å². The number of ether oxygens (including phenoxy) is 1. The van der Waals surface area contributed by atoms with Crippen molar-refractivity contribution in [2.75, 3.05) is 11.9 Å². The van der Waals surface area contributed by atoms with Gasteiger partial charge < -0.3 is 9.15 Å². The van der Waals surface area contributed by atoms with E-state index in [9.17, 15) is 9.59 Å². The highest BCUT2D eigenvalue weighted by molar-refractivity contribution is 7.14. The van der Waals surface area contributed by atoms with Crippen LogP contribution in [0.5, 0.6) is 0 Å². The number of thiazole rings is 1. The second-order valence-corrected chi connectivity index (χ2v) is 7.52. The smallest absolute Gasteiger partial charge is 0.311 e. The Labute approximate surface area is 182 Å². The number of carbonyl (C=O) groups excluding carboxylic acids is 2. The zero-order valence-electron chi connectivity index (χ0n) is 17.0. The van der Waals surface area contributed by atoms with Gasteiger partial charge in [0, 0.05) is 11.6 Å². The van der Waals surface area contributed by atoms with Crippen molar-refractivity contribution in [3.63, 3.8) is 0 Å². The lowest BCUT2D eigenvalue weighted by Gasteiger charge is -2.01. The van der Waals surface area contributed by atoms with Crippen LogP contribution in [0.4, 0.5) is 5.13 Å². The van der Waals surface area contributed by atoms with Crippen LogP contribution in [-0.2, 0) is 16.0 Å². The average Bonchev–Trinajstić information content (AvgIpc) is 3.48. The van der Waals surface area contributed by atoms with Crippen molar-refractivity contribution in [3.8, 4) is 17.1 Å². The van der Waals surface area contributed by atoms with Crippen LogP contribution in [0.3, 0.4) is 0 Å². The first kappa shape index (κ1) is 20.5. The number of benzene rings is 1. The molecule has 1 N–H and O–H groups in total. The third-order valence-electron chi connectivity index (χ3n) is 4.36. The highest BCUT2D eigenvalue weighted by Gasteiger charge is 2.22. The Morgan fingerprint density at radius 1 is 1.19 bits per heavy atom. The summed E-state index contributed by atoms with van der Waals surface area (Å²) in [7, 11) is 0. The van der Waals surface area contributed by atoms with Crippen LogP contribution in [0.2, 0.25) is 0 Å². The molecule has 0 atom stereocenters. The van der Waals surface area contributed by atoms with Crippen molar-refractivity contribution in [1.29, 1.82) is 0 Å². The first-order valence-electron chi connectivity index (χ1n) is 9.66. The molecule has 0 bridgehead atoms. The van der Waals surface area contributed by atoms with E-state index in [0.717, 1.165) is 11.4 Å². The first-order chi connectivity index (χ1) is 15.0. The van der Waals surface area contributed by atoms with Gasteiger partial charge in [-0.2, -0.15) is 5.10 Å². The summed E-state index contributed by atoms with van der Waals surface area (Å²) in [5.74, 6) is 0.493. The predicted molar refractivity (Wildman–Crippen MR) is 116 cm³/mol. The van der Waals surface area contributed by atoms with E-state index >= 15 is 0 Å². The topological polar surface area (TPSA) is 99.2 Å². The van der Waals surface area contributed by atoms with Crippen LogP contribution in [0.25, 0.3) is 17.1 Å². The molecule has 158 valence electrons. The highest BCUT2D eigenvalue weighted by atomic mass is 32.1. The number of esters is 1. The molecule has 0 saturated heterocycles. The van der Waals surface area contributed by atoms with Gasteiger partial charge in [0.15, 0.2) is 10.9 Å². The molecule has 0 spiro atoms. The summed E-state index contributed by atoms with van der Waals surface area (Å²) in [5, 5.41) is 9.47. The predicted octanol–water partition coefficient (Wildman–Crippen LogP) is 4.26. The third-order valence-corrected chi connectivity index (χ3v) is 5.16. The van der Waals surface area contributed by atoms with E-state index in [1.807, 2.05) is 43.3 Å². The zero-order valence-corrected chi connectivity index (χ0v) is 17.8. The maximum Gasteiger partial charge on any atom is 0.311 e. The van der Waals surface area contributed by atoms with Gasteiger partial charge in [0.1, 0.15) is 11.5 Å². The summed E-state index contributed by atoms with van der Waals surface area (Å²) in [5.41, 5.74) is 2.13. The van der Waals surface area contributed by atoms with Gasteiger partial charge in [0.25, 0.3) is 5.91 Å². The average molecular weight is 436 g/mol. The summed E-state index contributed by atoms with van der Waals surface area (Å²) < 4.78 is 12.3. The Bertz CT molecular complexity index is 1210. The van der Waals surface area contributed by atoms with Crippen LogP contribution >= 0.6 is 11.3 Å². The molecule has 8 nitrogen and oxygen atoms in total. The maximum atomic E-state index is 13.1. The Kier molecular flexibility index (Phi) is 5.94. The van der Waals surface area contributed by atoms with Crippen molar-refractivity contribution in [2.24, 2.45) is 0 Å². The van der Waals surface area contributed by atoms with Gasteiger partial charge in [-0.3, -0.25) is 14.9 Å². The van der Waals surface area contributed by atoms with E-state index < -0.39 is 0 Å². The zero-order chi connectivity index (χ0) is 21.8. The second kappa shape index (κ2) is 8.97. The minimum atomic E-state index is -0.372. The number of amides is 1. The molecular formula is C22H20N4O4S. The molecule has 3 heterocycles. The number of nitrogens with one attached hydrogen (secondary N) is 1. The van der Waals surface area contributed by atoms with Gasteiger partial charge in [-0.25, -0.2) is 9.67 Å². The number of aryl methyl sites for hydroxylation is 1. The largest absolute Gasteiger partial charge is 0.466 e. The van der Waals surface area contributed by atoms with E-state index in [0.29, 0.717) is 34.4 Å². The third kappa shape index (κ3) is 4.72. The van der Waals surface area contributed by atoms with Crippen molar-refractivity contribution in [1.82, 2.24) is 14.8 Å². The number of aromatic nitrogens is 3. The molecular weight excluding hydrogens is 416 g/mol. The van der Waals surface area contributed by atoms with Crippen molar-refractivity contribution >= 4 is 28.3 Å². The first-order valence-corrected chi connectivity index (χ1v) is 10.5. The Hall–Kier alpha value is -3.72. The Morgan fingerprint density at radius 3 is 2.71 bits per heavy atom. The lowest BCUT2D eigenvalue weighted by Crippen LogP contribution is -2.12. The van der Waals surface area contributed by atoms with Crippen LogP contribution in [-0.4, -0.2) is 33.2 Å². The SMILES string of the molecule is CCOC(=O)Cc1csc(NC(=O)c2cn(-c3ccccc3)nc2-c2ccc(C)o2)n1. The lowest BCUT2D eigenvalue weighted by atomic mass is 10.2. The number of carbonyl (C=O) groups is 2. The molecule has 0 aliphatic rings. The molecule has 4 rings (SSSR count). The monoisotopic (exact) mass is 436 g/mol. The number of anilines is 1. The summed E-state index contributed by atoms with van der Waals surface area (Å²) in [6.45, 7) is 3.89. The molecule has 0 unspecified atom stereocenters. The van der Waals surface area contributed by atoms with Gasteiger partial charge in [-0.1, -0.05) is 18.2 Å². The molecule has 0 aliphatic heterocycles. The maximum absolute atomic E-state index is 13.1. The number of hydrogen-bond acceptors (Lipinski definition) is 7. The number of para-hydroxylation sites is 1. The van der Waals surface area contributed by atoms with E-state index in [1.165, 1.54) is 11.3 Å². The van der Waals surface area contributed by atoms with Crippen molar-refractivity contribution in [3.05, 3.63) is 71.1 Å². The molecule has 1 aromatic carbocycles. The second-order valence-electron chi connectivity index (χ2n) is 6.66. The Morgan fingerprint density at radius 2 is 2.00 bits per heavy atom. The molecule has 0 saturated carbocycles. The van der Waals surface area contributed by atoms with Crippen LogP contribution in [0.15, 0.2) is 58.5 Å². The number of hydrogen-bond donors (Lipinski definition) is 1. The normalized spacial score (nSPS) is 10.8. The molecule has 0 aliphatic carbocycles. The molecule has 9 heteroatoms. The van der Waals surface area contributed by atoms with Crippen molar-refractivity contribution in [2.45, 2.75) is 20.3 Å². The van der Waals surface area contributed by atoms with Gasteiger partial charge in [-0.15, -0.1) is 11.3 Å². The summed E-state index contributed by atoms with van der Waals surface area (Å²) >= 11 is 1.24. The van der Waals surface area contributed by atoms with E-state index in [2.05, 4.69) is 15.4 Å². The quantitative estimate of drug-likeness (QED) is 0.435. The fourth-order valence-electron chi connectivity index (χ4n) is 2.97. The Balaban J connectivity index is 1.60. The van der Waals surface area contributed by atoms with Gasteiger partial charge in [0.05, 0.1) is 30.0 Å². The lowest BCUT2D eigenvalue weighted by molar-refractivity contribution is -0.142. The van der Waals surface area contributed by atoms with E-state index in [-0.39, 0.29) is 18.3 Å². The van der Waals surface area contributed by atoms with Gasteiger partial charge in [-0.05, 0) is 38.1 Å². The molecule has 1 amide bonds. The molecule has 4 aromatic rings. The minimum absolute atomic E-state index is 0.0586. The number of furan rings is 1. The molecule has 3 aromatic heterocycles. The van der Waals surface area contributed by atoms with E-state index in [4.69, 9.17) is 9.15 Å². The standard InChI is InChI=1S/C22H20N4O4S/c1-3-29-19(27)11-15-13-31-22(23-15)24-21(28)17-12-26(16-7-5-4-6-8-16)25-20(17)18-10-9-14(2)30-18/h4-10,12-13H,3,11H2,1-2H3,(H,23,24,28). The summed E-state index contributed by atoms with van der Waals surface area (Å²) in [4.78, 5) is 29.0. The fraction of sp³-hybridized carbons (Fsp3) is 0.182. The summed E-state index contributed by atoms with van der Waals surface area (Å²) in [6, 6.07) is 13.1. The van der Waals surface area contributed by atoms with Crippen LogP contribution in [0.1, 0.15) is 28.7 Å². The number of nitrogens with zero attached hydrogens (tertiary/aromatic N) is 3. The fourth-order valence-corrected chi connectivity index (χ4v) is 3.67. The highest BCUT2D eigenvalue weighted by Crippen LogP contribution is 2.27. The minimum Gasteiger partial charge on any atom is -0.466 e. The molecule has 0 fully saturated rings. The van der Waals surface area contributed by atoms with Crippen molar-refractivity contribution < 1.29 is 18.7 Å². The molecule has 0 radical (unpaired) electrons. The van der Waals surface area contributed by atoms with Gasteiger partial charge in [0.2, 0.25) is 0 Å². The number of rotatable bonds is 7. The summed E-state index contributed by atoms with van der Waals surface area (Å²) in [6.07, 6.45) is 1.72. The van der Waals surface area contributed by atoms with Gasteiger partial charge >= 0.3 is 5.97 Å².